The van der Waals surface area contributed by atoms with Gasteiger partial charge >= 0.3 is 0 Å². The predicted molar refractivity (Wildman–Crippen MR) is 131 cm³/mol. The van der Waals surface area contributed by atoms with Crippen molar-refractivity contribution in [2.45, 2.75) is 53.2 Å². The summed E-state index contributed by atoms with van der Waals surface area (Å²) >= 11 is 0. The third-order valence-electron chi connectivity index (χ3n) is 5.06. The molecule has 0 heterocycles. The summed E-state index contributed by atoms with van der Waals surface area (Å²) in [6.45, 7) is 5.13. The zero-order valence-electron chi connectivity index (χ0n) is 18.2. The van der Waals surface area contributed by atoms with Crippen LogP contribution in [0.15, 0.2) is 112 Å². The monoisotopic (exact) mass is 433 g/mol. The molecule has 162 valence electrons. The molecule has 0 amide bonds. The summed E-state index contributed by atoms with van der Waals surface area (Å²) in [5, 5.41) is 0. The Balaban J connectivity index is 1.48. The molecule has 3 rings (SSSR count). The molecule has 31 heavy (non-hydrogen) atoms. The fourth-order valence-electron chi connectivity index (χ4n) is 3.46. The molecule has 0 bridgehead atoms. The zero-order valence-corrected chi connectivity index (χ0v) is 19.1. The number of benzene rings is 3. The maximum absolute atomic E-state index is 5.98. The van der Waals surface area contributed by atoms with E-state index >= 15 is 0 Å². The topological polar surface area (TPSA) is 18.5 Å². The van der Waals surface area contributed by atoms with Crippen molar-refractivity contribution in [3.63, 3.8) is 0 Å². The van der Waals surface area contributed by atoms with Crippen molar-refractivity contribution in [1.82, 2.24) is 0 Å². The Morgan fingerprint density at radius 1 is 0.581 bits per heavy atom. The van der Waals surface area contributed by atoms with Crippen LogP contribution in [0.1, 0.15) is 38.5 Å². The number of rotatable bonds is 14. The molecule has 0 saturated heterocycles. The van der Waals surface area contributed by atoms with Gasteiger partial charge in [-0.1, -0.05) is 68.7 Å². The molecule has 0 radical (unpaired) electrons. The minimum atomic E-state index is -0.107. The van der Waals surface area contributed by atoms with E-state index in [9.17, 15) is 0 Å². The summed E-state index contributed by atoms with van der Waals surface area (Å²) in [7, 11) is -0.107. The first-order valence-corrected chi connectivity index (χ1v) is 12.4. The minimum Gasteiger partial charge on any atom is -0.502 e. The second kappa shape index (κ2) is 13.6. The van der Waals surface area contributed by atoms with Crippen LogP contribution in [0.2, 0.25) is 0 Å². The van der Waals surface area contributed by atoms with Gasteiger partial charge in [0, 0.05) is 0 Å². The Labute approximate surface area is 190 Å². The van der Waals surface area contributed by atoms with E-state index in [4.69, 9.17) is 9.47 Å². The van der Waals surface area contributed by atoms with Gasteiger partial charge in [-0.15, -0.1) is 0 Å². The van der Waals surface area contributed by atoms with Gasteiger partial charge in [-0.25, -0.2) is 0 Å². The zero-order chi connectivity index (χ0) is 21.6. The molecular weight excluding hydrogens is 400 g/mol. The lowest BCUT2D eigenvalue weighted by atomic mass is 10.1. The van der Waals surface area contributed by atoms with Gasteiger partial charge in [-0.3, -0.25) is 0 Å². The van der Waals surface area contributed by atoms with Gasteiger partial charge in [0.25, 0.3) is 0 Å². The van der Waals surface area contributed by atoms with Crippen LogP contribution in [0.25, 0.3) is 0 Å². The predicted octanol–water partition coefficient (Wildman–Crippen LogP) is 7.66. The van der Waals surface area contributed by atoms with Gasteiger partial charge in [-0.2, -0.15) is 0 Å². The first-order valence-electron chi connectivity index (χ1n) is 11.2. The van der Waals surface area contributed by atoms with Crippen LogP contribution in [0.4, 0.5) is 0 Å². The van der Waals surface area contributed by atoms with Gasteiger partial charge in [0.15, 0.2) is 14.7 Å². The molecular formula is C28H33O2S+. The van der Waals surface area contributed by atoms with Gasteiger partial charge in [-0.05, 0) is 61.4 Å². The molecule has 2 nitrogen and oxygen atoms in total. The Bertz CT molecular complexity index is 823. The number of unbranched alkanes of at least 4 members (excludes halogenated alkanes) is 5. The van der Waals surface area contributed by atoms with E-state index in [-0.39, 0.29) is 10.9 Å². The van der Waals surface area contributed by atoms with Crippen molar-refractivity contribution in [2.24, 2.45) is 0 Å². The number of hydrogen-bond acceptors (Lipinski definition) is 2. The highest BCUT2D eigenvalue weighted by atomic mass is 32.2. The van der Waals surface area contributed by atoms with Crippen molar-refractivity contribution in [1.29, 1.82) is 0 Å². The average molecular weight is 434 g/mol. The summed E-state index contributed by atoms with van der Waals surface area (Å²) in [4.78, 5) is 3.97. The molecule has 0 atom stereocenters. The molecule has 3 aromatic rings. The van der Waals surface area contributed by atoms with Gasteiger partial charge < -0.3 is 9.47 Å². The van der Waals surface area contributed by atoms with Gasteiger partial charge in [0.1, 0.15) is 5.75 Å². The quantitative estimate of drug-likeness (QED) is 0.148. The van der Waals surface area contributed by atoms with Crippen molar-refractivity contribution in [3.05, 3.63) is 97.8 Å². The van der Waals surface area contributed by atoms with Crippen LogP contribution in [0.3, 0.4) is 0 Å². The Morgan fingerprint density at radius 2 is 1.06 bits per heavy atom. The van der Waals surface area contributed by atoms with Gasteiger partial charge in [0.2, 0.25) is 0 Å². The first kappa shape index (κ1) is 23.0. The smallest absolute Gasteiger partial charge is 0.166 e. The molecule has 0 fully saturated rings. The van der Waals surface area contributed by atoms with E-state index in [1.165, 1.54) is 46.6 Å². The van der Waals surface area contributed by atoms with Gasteiger partial charge in [0.05, 0.1) is 30.4 Å². The van der Waals surface area contributed by atoms with Crippen LogP contribution >= 0.6 is 0 Å². The minimum absolute atomic E-state index is 0.107. The van der Waals surface area contributed by atoms with E-state index < -0.39 is 0 Å². The lowest BCUT2D eigenvalue weighted by Gasteiger charge is -2.09. The third kappa shape index (κ3) is 7.84. The Kier molecular flexibility index (Phi) is 10.1. The van der Waals surface area contributed by atoms with Crippen LogP contribution < -0.4 is 4.74 Å². The van der Waals surface area contributed by atoms with E-state index in [0.717, 1.165) is 31.8 Å². The molecule has 0 spiro atoms. The highest BCUT2D eigenvalue weighted by Gasteiger charge is 2.28. The highest BCUT2D eigenvalue weighted by molar-refractivity contribution is 7.97. The Hall–Kier alpha value is -2.65. The summed E-state index contributed by atoms with van der Waals surface area (Å²) in [6.07, 6.45) is 8.69. The van der Waals surface area contributed by atoms with Crippen LogP contribution in [0, 0.1) is 0 Å². The number of hydrogen-bond donors (Lipinski definition) is 0. The van der Waals surface area contributed by atoms with E-state index in [1.54, 1.807) is 0 Å². The SMILES string of the molecule is C=COCCCCCCCCOc1ccc([S+](c2ccccc2)c2ccccc2)cc1. The standard InChI is InChI=1S/C28H33O2S/c1-2-29-23-13-5-3-4-6-14-24-30-25-19-21-28(22-20-25)31(26-15-9-7-10-16-26)27-17-11-8-12-18-27/h2,7-12,15-22H,1,3-6,13-14,23-24H2/q+1. The third-order valence-corrected chi connectivity index (χ3v) is 7.29. The molecule has 0 saturated carbocycles. The largest absolute Gasteiger partial charge is 0.502 e. The molecule has 0 unspecified atom stereocenters. The lowest BCUT2D eigenvalue weighted by molar-refractivity contribution is 0.241. The maximum atomic E-state index is 5.98. The van der Waals surface area contributed by atoms with E-state index in [0.29, 0.717) is 0 Å². The second-order valence-electron chi connectivity index (χ2n) is 7.41. The highest BCUT2D eigenvalue weighted by Crippen LogP contribution is 2.31. The summed E-state index contributed by atoms with van der Waals surface area (Å²) < 4.78 is 11.1. The van der Waals surface area contributed by atoms with Crippen LogP contribution in [-0.2, 0) is 15.6 Å². The summed E-state index contributed by atoms with van der Waals surface area (Å²) in [6, 6.07) is 30.1. The fourth-order valence-corrected chi connectivity index (χ4v) is 5.54. The fraction of sp³-hybridized carbons (Fsp3) is 0.286. The molecule has 0 aliphatic heterocycles. The molecule has 0 aliphatic carbocycles. The lowest BCUT2D eigenvalue weighted by Crippen LogP contribution is -2.04. The second-order valence-corrected chi connectivity index (χ2v) is 9.44. The molecule has 3 aromatic carbocycles. The summed E-state index contributed by atoms with van der Waals surface area (Å²) in [5.74, 6) is 0.954. The molecule has 3 heteroatoms. The van der Waals surface area contributed by atoms with E-state index in [2.05, 4.69) is 91.5 Å². The van der Waals surface area contributed by atoms with Crippen LogP contribution in [-0.4, -0.2) is 13.2 Å². The van der Waals surface area contributed by atoms with Crippen LogP contribution in [0.5, 0.6) is 5.75 Å². The molecule has 0 N–H and O–H groups in total. The normalized spacial score (nSPS) is 10.7. The molecule has 0 aromatic heterocycles. The van der Waals surface area contributed by atoms with E-state index in [1.807, 2.05) is 0 Å². The van der Waals surface area contributed by atoms with Crippen molar-refractivity contribution in [2.75, 3.05) is 13.2 Å². The van der Waals surface area contributed by atoms with Crippen molar-refractivity contribution >= 4 is 10.9 Å². The van der Waals surface area contributed by atoms with Crippen molar-refractivity contribution < 1.29 is 9.47 Å². The summed E-state index contributed by atoms with van der Waals surface area (Å²) in [5.41, 5.74) is 0. The Morgan fingerprint density at radius 3 is 1.61 bits per heavy atom. The maximum Gasteiger partial charge on any atom is 0.166 e. The number of ether oxygens (including phenoxy) is 2. The average Bonchev–Trinajstić information content (AvgIpc) is 2.83. The first-order chi connectivity index (χ1) is 15.4. The van der Waals surface area contributed by atoms with Crippen molar-refractivity contribution in [3.8, 4) is 5.75 Å². The molecule has 0 aliphatic rings.